The SMILES string of the molecule is COc1ccccc1N1CCN(C(=O)c2cc3c(=O)n(C)ccc3n2C)CC1. The van der Waals surface area contributed by atoms with E-state index < -0.39 is 0 Å². The number of para-hydroxylation sites is 2. The molecule has 28 heavy (non-hydrogen) atoms. The molecule has 0 unspecified atom stereocenters. The zero-order chi connectivity index (χ0) is 19.8. The number of anilines is 1. The second kappa shape index (κ2) is 7.07. The number of aryl methyl sites for hydroxylation is 2. The summed E-state index contributed by atoms with van der Waals surface area (Å²) in [5.74, 6) is 0.798. The fourth-order valence-corrected chi connectivity index (χ4v) is 3.84. The van der Waals surface area contributed by atoms with E-state index in [9.17, 15) is 9.59 Å². The Kier molecular flexibility index (Phi) is 4.58. The Labute approximate surface area is 163 Å². The minimum absolute atomic E-state index is 0.0413. The van der Waals surface area contributed by atoms with Crippen LogP contribution < -0.4 is 15.2 Å². The number of pyridine rings is 1. The molecule has 0 N–H and O–H groups in total. The van der Waals surface area contributed by atoms with Crippen LogP contribution in [-0.2, 0) is 14.1 Å². The number of methoxy groups -OCH3 is 1. The predicted molar refractivity (Wildman–Crippen MR) is 109 cm³/mol. The van der Waals surface area contributed by atoms with Gasteiger partial charge in [-0.2, -0.15) is 0 Å². The minimum atomic E-state index is -0.0897. The predicted octanol–water partition coefficient (Wildman–Crippen LogP) is 1.85. The van der Waals surface area contributed by atoms with E-state index in [1.165, 1.54) is 4.57 Å². The molecule has 146 valence electrons. The number of aromatic nitrogens is 2. The van der Waals surface area contributed by atoms with Crippen molar-refractivity contribution >= 4 is 22.5 Å². The molecule has 1 amide bonds. The van der Waals surface area contributed by atoms with Crippen LogP contribution in [0.4, 0.5) is 5.69 Å². The first-order valence-electron chi connectivity index (χ1n) is 9.33. The van der Waals surface area contributed by atoms with Gasteiger partial charge in [0.05, 0.1) is 23.7 Å². The summed E-state index contributed by atoms with van der Waals surface area (Å²) in [4.78, 5) is 29.6. The van der Waals surface area contributed by atoms with Crippen LogP contribution in [0.25, 0.3) is 10.9 Å². The molecule has 4 rings (SSSR count). The van der Waals surface area contributed by atoms with Gasteiger partial charge in [0.2, 0.25) is 0 Å². The topological polar surface area (TPSA) is 59.7 Å². The molecule has 0 saturated carbocycles. The quantitative estimate of drug-likeness (QED) is 0.696. The summed E-state index contributed by atoms with van der Waals surface area (Å²) in [5, 5.41) is 0.573. The maximum Gasteiger partial charge on any atom is 0.270 e. The normalized spacial score (nSPS) is 14.5. The molecule has 1 aromatic carbocycles. The number of hydrogen-bond acceptors (Lipinski definition) is 4. The fourth-order valence-electron chi connectivity index (χ4n) is 3.84. The van der Waals surface area contributed by atoms with Gasteiger partial charge in [-0.05, 0) is 24.3 Å². The smallest absolute Gasteiger partial charge is 0.270 e. The van der Waals surface area contributed by atoms with Crippen molar-refractivity contribution < 1.29 is 9.53 Å². The van der Waals surface area contributed by atoms with Crippen LogP contribution in [0.3, 0.4) is 0 Å². The highest BCUT2D eigenvalue weighted by Gasteiger charge is 2.26. The van der Waals surface area contributed by atoms with Gasteiger partial charge < -0.3 is 23.7 Å². The number of rotatable bonds is 3. The molecule has 3 heterocycles. The number of amides is 1. The third kappa shape index (κ3) is 2.93. The third-order valence-corrected chi connectivity index (χ3v) is 5.50. The number of ether oxygens (including phenoxy) is 1. The van der Waals surface area contributed by atoms with Gasteiger partial charge in [0.1, 0.15) is 11.4 Å². The molecular weight excluding hydrogens is 356 g/mol. The lowest BCUT2D eigenvalue weighted by Crippen LogP contribution is -2.49. The number of nitrogens with zero attached hydrogens (tertiary/aromatic N) is 4. The van der Waals surface area contributed by atoms with Gasteiger partial charge in [-0.1, -0.05) is 12.1 Å². The van der Waals surface area contributed by atoms with Gasteiger partial charge in [0.25, 0.3) is 11.5 Å². The highest BCUT2D eigenvalue weighted by molar-refractivity contribution is 5.98. The zero-order valence-electron chi connectivity index (χ0n) is 16.4. The first-order chi connectivity index (χ1) is 13.5. The van der Waals surface area contributed by atoms with Crippen molar-refractivity contribution in [1.82, 2.24) is 14.0 Å². The Bertz CT molecular complexity index is 1090. The summed E-state index contributed by atoms with van der Waals surface area (Å²) in [6.07, 6.45) is 1.73. The molecule has 0 bridgehead atoms. The number of carbonyl (C=O) groups is 1. The van der Waals surface area contributed by atoms with Crippen molar-refractivity contribution in [2.24, 2.45) is 14.1 Å². The molecular formula is C21H24N4O3. The van der Waals surface area contributed by atoms with Crippen molar-refractivity contribution in [3.8, 4) is 5.75 Å². The summed E-state index contributed by atoms with van der Waals surface area (Å²) in [6.45, 7) is 2.71. The maximum atomic E-state index is 13.1. The van der Waals surface area contributed by atoms with Gasteiger partial charge in [-0.25, -0.2) is 0 Å². The van der Waals surface area contributed by atoms with Gasteiger partial charge in [-0.3, -0.25) is 9.59 Å². The molecule has 1 aliphatic heterocycles. The van der Waals surface area contributed by atoms with Crippen LogP contribution in [-0.4, -0.2) is 53.2 Å². The van der Waals surface area contributed by atoms with Crippen molar-refractivity contribution in [3.05, 3.63) is 58.6 Å². The molecule has 7 heteroatoms. The molecule has 1 saturated heterocycles. The first-order valence-corrected chi connectivity index (χ1v) is 9.33. The number of hydrogen-bond donors (Lipinski definition) is 0. The van der Waals surface area contributed by atoms with Crippen LogP contribution in [0.15, 0.2) is 47.4 Å². The molecule has 0 spiro atoms. The molecule has 2 aromatic heterocycles. The number of fused-ring (bicyclic) bond motifs is 1. The van der Waals surface area contributed by atoms with E-state index in [1.807, 2.05) is 46.8 Å². The third-order valence-electron chi connectivity index (χ3n) is 5.50. The first kappa shape index (κ1) is 18.2. The molecule has 0 radical (unpaired) electrons. The van der Waals surface area contributed by atoms with E-state index in [-0.39, 0.29) is 11.5 Å². The highest BCUT2D eigenvalue weighted by Crippen LogP contribution is 2.28. The Morgan fingerprint density at radius 2 is 1.75 bits per heavy atom. The number of benzene rings is 1. The summed E-state index contributed by atoms with van der Waals surface area (Å²) in [7, 11) is 5.22. The lowest BCUT2D eigenvalue weighted by molar-refractivity contribution is 0.0737. The summed E-state index contributed by atoms with van der Waals surface area (Å²) < 4.78 is 8.80. The summed E-state index contributed by atoms with van der Waals surface area (Å²) in [6, 6.07) is 11.5. The van der Waals surface area contributed by atoms with Crippen LogP contribution >= 0.6 is 0 Å². The van der Waals surface area contributed by atoms with E-state index in [1.54, 1.807) is 26.4 Å². The second-order valence-electron chi connectivity index (χ2n) is 7.07. The van der Waals surface area contributed by atoms with Crippen molar-refractivity contribution in [1.29, 1.82) is 0 Å². The van der Waals surface area contributed by atoms with E-state index >= 15 is 0 Å². The fraction of sp³-hybridized carbons (Fsp3) is 0.333. The minimum Gasteiger partial charge on any atom is -0.495 e. The molecule has 1 fully saturated rings. The van der Waals surface area contributed by atoms with Crippen LogP contribution in [0.5, 0.6) is 5.75 Å². The van der Waals surface area contributed by atoms with Gasteiger partial charge in [-0.15, -0.1) is 0 Å². The van der Waals surface area contributed by atoms with Crippen LogP contribution in [0, 0.1) is 0 Å². The lowest BCUT2D eigenvalue weighted by Gasteiger charge is -2.36. The maximum absolute atomic E-state index is 13.1. The van der Waals surface area contributed by atoms with Gasteiger partial charge >= 0.3 is 0 Å². The van der Waals surface area contributed by atoms with E-state index in [0.717, 1.165) is 30.0 Å². The van der Waals surface area contributed by atoms with Crippen molar-refractivity contribution in [3.63, 3.8) is 0 Å². The van der Waals surface area contributed by atoms with Crippen LogP contribution in [0.1, 0.15) is 10.5 Å². The summed E-state index contributed by atoms with van der Waals surface area (Å²) in [5.41, 5.74) is 2.28. The average molecular weight is 380 g/mol. The highest BCUT2D eigenvalue weighted by atomic mass is 16.5. The zero-order valence-corrected chi connectivity index (χ0v) is 16.4. The summed E-state index contributed by atoms with van der Waals surface area (Å²) >= 11 is 0. The molecule has 0 atom stereocenters. The molecule has 1 aliphatic rings. The Morgan fingerprint density at radius 3 is 2.46 bits per heavy atom. The Morgan fingerprint density at radius 1 is 1.04 bits per heavy atom. The largest absolute Gasteiger partial charge is 0.495 e. The van der Waals surface area contributed by atoms with E-state index in [0.29, 0.717) is 24.2 Å². The number of piperazine rings is 1. The van der Waals surface area contributed by atoms with Crippen molar-refractivity contribution in [2.45, 2.75) is 0 Å². The average Bonchev–Trinajstić information content (AvgIpc) is 3.07. The van der Waals surface area contributed by atoms with Gasteiger partial charge in [0.15, 0.2) is 0 Å². The Hall–Kier alpha value is -3.22. The van der Waals surface area contributed by atoms with E-state index in [4.69, 9.17) is 4.74 Å². The standard InChI is InChI=1S/C21H24N4O3/c1-22-9-8-16-15(20(22)26)14-18(23(16)2)21(27)25-12-10-24(11-13-25)17-6-4-5-7-19(17)28-3/h4-9,14H,10-13H2,1-3H3. The van der Waals surface area contributed by atoms with Crippen LogP contribution in [0.2, 0.25) is 0 Å². The Balaban J connectivity index is 1.55. The van der Waals surface area contributed by atoms with E-state index in [2.05, 4.69) is 4.90 Å². The molecule has 7 nitrogen and oxygen atoms in total. The monoisotopic (exact) mass is 380 g/mol. The van der Waals surface area contributed by atoms with Gasteiger partial charge in [0, 0.05) is 46.5 Å². The number of carbonyl (C=O) groups excluding carboxylic acids is 1. The molecule has 0 aliphatic carbocycles. The van der Waals surface area contributed by atoms with Crippen molar-refractivity contribution in [2.75, 3.05) is 38.2 Å². The molecule has 3 aromatic rings. The lowest BCUT2D eigenvalue weighted by atomic mass is 10.2. The second-order valence-corrected chi connectivity index (χ2v) is 7.07.